The highest BCUT2D eigenvalue weighted by Gasteiger charge is 2.17. The van der Waals surface area contributed by atoms with Crippen LogP contribution in [0.4, 0.5) is 4.39 Å². The SMILES string of the molecule is Cc1cc(F)ccc1C(=O)NC(C)c1nc(C(=O)O)cs1. The average molecular weight is 308 g/mol. The Morgan fingerprint density at radius 3 is 2.71 bits per heavy atom. The van der Waals surface area contributed by atoms with Crippen LogP contribution in [0.25, 0.3) is 0 Å². The van der Waals surface area contributed by atoms with E-state index in [1.165, 1.54) is 23.6 Å². The Bertz CT molecular complexity index is 699. The number of carboxylic acid groups (broad SMARTS) is 1. The summed E-state index contributed by atoms with van der Waals surface area (Å²) < 4.78 is 13.0. The van der Waals surface area contributed by atoms with Gasteiger partial charge in [0.05, 0.1) is 6.04 Å². The zero-order valence-corrected chi connectivity index (χ0v) is 12.2. The zero-order chi connectivity index (χ0) is 15.6. The largest absolute Gasteiger partial charge is 0.476 e. The van der Waals surface area contributed by atoms with Crippen LogP contribution < -0.4 is 5.32 Å². The van der Waals surface area contributed by atoms with Crippen molar-refractivity contribution in [3.8, 4) is 0 Å². The highest BCUT2D eigenvalue weighted by Crippen LogP contribution is 2.19. The smallest absolute Gasteiger partial charge is 0.355 e. The van der Waals surface area contributed by atoms with Gasteiger partial charge in [0.15, 0.2) is 5.69 Å². The number of nitrogens with one attached hydrogen (secondary N) is 1. The van der Waals surface area contributed by atoms with Crippen molar-refractivity contribution in [1.29, 1.82) is 0 Å². The minimum absolute atomic E-state index is 0.0472. The molecule has 1 atom stereocenters. The van der Waals surface area contributed by atoms with Gasteiger partial charge in [0.25, 0.3) is 5.91 Å². The van der Waals surface area contributed by atoms with Crippen molar-refractivity contribution in [1.82, 2.24) is 10.3 Å². The van der Waals surface area contributed by atoms with Crippen LogP contribution in [0.15, 0.2) is 23.6 Å². The van der Waals surface area contributed by atoms with Gasteiger partial charge in [-0.1, -0.05) is 0 Å². The van der Waals surface area contributed by atoms with E-state index in [-0.39, 0.29) is 11.6 Å². The third kappa shape index (κ3) is 3.43. The van der Waals surface area contributed by atoms with E-state index in [1.54, 1.807) is 13.8 Å². The number of amides is 1. The molecule has 0 saturated carbocycles. The van der Waals surface area contributed by atoms with E-state index in [4.69, 9.17) is 5.11 Å². The van der Waals surface area contributed by atoms with Crippen LogP contribution in [-0.2, 0) is 0 Å². The summed E-state index contributed by atoms with van der Waals surface area (Å²) in [6.07, 6.45) is 0. The second-order valence-corrected chi connectivity index (χ2v) is 5.42. The summed E-state index contributed by atoms with van der Waals surface area (Å²) >= 11 is 1.16. The standard InChI is InChI=1S/C14H13FN2O3S/c1-7-5-9(15)3-4-10(7)12(18)16-8(2)13-17-11(6-21-13)14(19)20/h3-6,8H,1-2H3,(H,16,18)(H,19,20). The van der Waals surface area contributed by atoms with E-state index in [9.17, 15) is 14.0 Å². The number of nitrogens with zero attached hydrogens (tertiary/aromatic N) is 1. The molecule has 7 heteroatoms. The van der Waals surface area contributed by atoms with E-state index >= 15 is 0 Å². The summed E-state index contributed by atoms with van der Waals surface area (Å²) in [6, 6.07) is 3.49. The molecule has 0 bridgehead atoms. The molecule has 2 N–H and O–H groups in total. The molecule has 0 saturated heterocycles. The number of aryl methyl sites for hydroxylation is 1. The highest BCUT2D eigenvalue weighted by molar-refractivity contribution is 7.09. The fourth-order valence-electron chi connectivity index (χ4n) is 1.80. The predicted octanol–water partition coefficient (Wildman–Crippen LogP) is 2.78. The van der Waals surface area contributed by atoms with Gasteiger partial charge in [-0.3, -0.25) is 4.79 Å². The Hall–Kier alpha value is -2.28. The van der Waals surface area contributed by atoms with Crippen LogP contribution in [-0.4, -0.2) is 22.0 Å². The molecule has 2 rings (SSSR count). The van der Waals surface area contributed by atoms with Gasteiger partial charge < -0.3 is 10.4 Å². The summed E-state index contributed by atoms with van der Waals surface area (Å²) in [7, 11) is 0. The summed E-state index contributed by atoms with van der Waals surface area (Å²) in [5.74, 6) is -1.86. The third-order valence-electron chi connectivity index (χ3n) is 2.89. The zero-order valence-electron chi connectivity index (χ0n) is 11.4. The molecular weight excluding hydrogens is 295 g/mol. The van der Waals surface area contributed by atoms with Crippen LogP contribution in [0, 0.1) is 12.7 Å². The van der Waals surface area contributed by atoms with Gasteiger partial charge in [0.2, 0.25) is 0 Å². The quantitative estimate of drug-likeness (QED) is 0.910. The molecule has 1 heterocycles. The van der Waals surface area contributed by atoms with Crippen LogP contribution >= 0.6 is 11.3 Å². The number of rotatable bonds is 4. The van der Waals surface area contributed by atoms with Gasteiger partial charge in [-0.15, -0.1) is 11.3 Å². The number of aromatic nitrogens is 1. The van der Waals surface area contributed by atoms with Crippen molar-refractivity contribution in [2.45, 2.75) is 19.9 Å². The average Bonchev–Trinajstić information content (AvgIpc) is 2.88. The van der Waals surface area contributed by atoms with Crippen LogP contribution in [0.3, 0.4) is 0 Å². The normalized spacial score (nSPS) is 12.0. The first-order valence-electron chi connectivity index (χ1n) is 6.14. The number of carbonyl (C=O) groups excluding carboxylic acids is 1. The first kappa shape index (κ1) is 15.1. The fourth-order valence-corrected chi connectivity index (χ4v) is 2.60. The second kappa shape index (κ2) is 6.01. The number of thiazole rings is 1. The maximum Gasteiger partial charge on any atom is 0.355 e. The number of hydrogen-bond donors (Lipinski definition) is 2. The third-order valence-corrected chi connectivity index (χ3v) is 3.92. The lowest BCUT2D eigenvalue weighted by Gasteiger charge is -2.12. The Kier molecular flexibility index (Phi) is 4.32. The van der Waals surface area contributed by atoms with Crippen molar-refractivity contribution in [3.63, 3.8) is 0 Å². The molecule has 1 unspecified atom stereocenters. The molecule has 1 aromatic heterocycles. The number of aromatic carboxylic acids is 1. The topological polar surface area (TPSA) is 79.3 Å². The molecule has 2 aromatic rings. The molecule has 1 aromatic carbocycles. The fraction of sp³-hybridized carbons (Fsp3) is 0.214. The first-order valence-corrected chi connectivity index (χ1v) is 7.02. The molecule has 1 amide bonds. The monoisotopic (exact) mass is 308 g/mol. The molecule has 0 aliphatic rings. The lowest BCUT2D eigenvalue weighted by atomic mass is 10.1. The molecular formula is C14H13FN2O3S. The lowest BCUT2D eigenvalue weighted by Crippen LogP contribution is -2.27. The number of halogens is 1. The molecule has 0 spiro atoms. The van der Waals surface area contributed by atoms with E-state index in [0.29, 0.717) is 16.1 Å². The minimum atomic E-state index is -1.11. The van der Waals surface area contributed by atoms with Crippen molar-refractivity contribution in [2.75, 3.05) is 0 Å². The molecule has 0 aliphatic carbocycles. The predicted molar refractivity (Wildman–Crippen MR) is 76.1 cm³/mol. The van der Waals surface area contributed by atoms with Crippen molar-refractivity contribution in [3.05, 3.63) is 51.2 Å². The number of hydrogen-bond acceptors (Lipinski definition) is 4. The highest BCUT2D eigenvalue weighted by atomic mass is 32.1. The first-order chi connectivity index (χ1) is 9.88. The second-order valence-electron chi connectivity index (χ2n) is 4.53. The number of carbonyl (C=O) groups is 2. The van der Waals surface area contributed by atoms with Gasteiger partial charge in [-0.25, -0.2) is 14.2 Å². The Balaban J connectivity index is 2.12. The van der Waals surface area contributed by atoms with E-state index in [1.807, 2.05) is 0 Å². The maximum absolute atomic E-state index is 13.0. The Labute approximate surface area is 124 Å². The van der Waals surface area contributed by atoms with Gasteiger partial charge in [0.1, 0.15) is 10.8 Å². The van der Waals surface area contributed by atoms with Crippen molar-refractivity contribution >= 4 is 23.2 Å². The molecule has 110 valence electrons. The van der Waals surface area contributed by atoms with Gasteiger partial charge >= 0.3 is 5.97 Å². The minimum Gasteiger partial charge on any atom is -0.476 e. The van der Waals surface area contributed by atoms with Crippen LogP contribution in [0.5, 0.6) is 0 Å². The van der Waals surface area contributed by atoms with Crippen LogP contribution in [0.2, 0.25) is 0 Å². The van der Waals surface area contributed by atoms with E-state index in [2.05, 4.69) is 10.3 Å². The van der Waals surface area contributed by atoms with Crippen LogP contribution in [0.1, 0.15) is 44.4 Å². The molecule has 0 radical (unpaired) electrons. The van der Waals surface area contributed by atoms with Gasteiger partial charge in [-0.05, 0) is 37.6 Å². The molecule has 0 fully saturated rings. The number of benzene rings is 1. The van der Waals surface area contributed by atoms with E-state index < -0.39 is 17.8 Å². The lowest BCUT2D eigenvalue weighted by molar-refractivity contribution is 0.0691. The Morgan fingerprint density at radius 2 is 2.14 bits per heavy atom. The molecule has 5 nitrogen and oxygen atoms in total. The Morgan fingerprint density at radius 1 is 1.43 bits per heavy atom. The summed E-state index contributed by atoms with van der Waals surface area (Å²) in [5.41, 5.74) is 0.859. The van der Waals surface area contributed by atoms with Gasteiger partial charge in [-0.2, -0.15) is 0 Å². The molecule has 21 heavy (non-hydrogen) atoms. The molecule has 0 aliphatic heterocycles. The summed E-state index contributed by atoms with van der Waals surface area (Å²) in [5, 5.41) is 13.5. The van der Waals surface area contributed by atoms with Gasteiger partial charge in [0, 0.05) is 10.9 Å². The van der Waals surface area contributed by atoms with E-state index in [0.717, 1.165) is 11.3 Å². The van der Waals surface area contributed by atoms with Crippen molar-refractivity contribution in [2.24, 2.45) is 0 Å². The maximum atomic E-state index is 13.0. The summed E-state index contributed by atoms with van der Waals surface area (Å²) in [4.78, 5) is 26.8. The summed E-state index contributed by atoms with van der Waals surface area (Å²) in [6.45, 7) is 3.36. The number of carboxylic acids is 1. The van der Waals surface area contributed by atoms with Crippen molar-refractivity contribution < 1.29 is 19.1 Å².